The molecule has 0 aromatic heterocycles. The third-order valence-corrected chi connectivity index (χ3v) is 1.08. The van der Waals surface area contributed by atoms with Gasteiger partial charge >= 0.3 is 6.18 Å². The number of allylic oxidation sites excluding steroid dienone is 2. The van der Waals surface area contributed by atoms with Gasteiger partial charge in [-0.1, -0.05) is 6.08 Å². The highest BCUT2D eigenvalue weighted by Gasteiger charge is 2.31. The van der Waals surface area contributed by atoms with Crippen LogP contribution in [0.15, 0.2) is 17.7 Å². The lowest BCUT2D eigenvalue weighted by molar-refractivity contribution is -0.0886. The zero-order chi connectivity index (χ0) is 7.61. The quantitative estimate of drug-likeness (QED) is 0.547. The molecule has 0 amide bonds. The van der Waals surface area contributed by atoms with Crippen LogP contribution in [0.1, 0.15) is 0 Å². The second kappa shape index (κ2) is 2.36. The van der Waals surface area contributed by atoms with Crippen molar-refractivity contribution in [2.75, 3.05) is 6.54 Å². The number of halogens is 3. The van der Waals surface area contributed by atoms with Gasteiger partial charge in [-0.2, -0.15) is 13.2 Å². The molecule has 0 saturated carbocycles. The fourth-order valence-electron chi connectivity index (χ4n) is 0.605. The van der Waals surface area contributed by atoms with Crippen molar-refractivity contribution in [1.82, 2.24) is 5.32 Å². The lowest BCUT2D eigenvalue weighted by Crippen LogP contribution is -2.18. The lowest BCUT2D eigenvalue weighted by atomic mass is 10.2. The van der Waals surface area contributed by atoms with Crippen LogP contribution < -0.4 is 5.32 Å². The highest BCUT2D eigenvalue weighted by atomic mass is 19.4. The summed E-state index contributed by atoms with van der Waals surface area (Å²) in [5.74, 6) is 0. The second-order valence-corrected chi connectivity index (χ2v) is 1.83. The van der Waals surface area contributed by atoms with E-state index in [-0.39, 0.29) is 6.54 Å². The van der Waals surface area contributed by atoms with Crippen LogP contribution in [-0.4, -0.2) is 12.7 Å². The summed E-state index contributed by atoms with van der Waals surface area (Å²) < 4.78 is 35.3. The van der Waals surface area contributed by atoms with Gasteiger partial charge in [-0.05, 0) is 6.08 Å². The molecule has 55 valence electrons. The summed E-state index contributed by atoms with van der Waals surface area (Å²) in [6.07, 6.45) is 0.0232. The van der Waals surface area contributed by atoms with Crippen molar-refractivity contribution in [3.05, 3.63) is 23.9 Å². The van der Waals surface area contributed by atoms with Crippen LogP contribution in [0, 0.1) is 6.20 Å². The van der Waals surface area contributed by atoms with Crippen LogP contribution >= 0.6 is 0 Å². The predicted octanol–water partition coefficient (Wildman–Crippen LogP) is 1.40. The van der Waals surface area contributed by atoms with Gasteiger partial charge < -0.3 is 5.32 Å². The number of hydrogen-bond donors (Lipinski definition) is 1. The highest BCUT2D eigenvalue weighted by molar-refractivity contribution is 5.24. The van der Waals surface area contributed by atoms with Gasteiger partial charge in [0.05, 0.1) is 11.8 Å². The first-order chi connectivity index (χ1) is 4.61. The Labute approximate surface area is 56.2 Å². The van der Waals surface area contributed by atoms with Crippen LogP contribution in [0.25, 0.3) is 0 Å². The summed E-state index contributed by atoms with van der Waals surface area (Å²) >= 11 is 0. The third-order valence-electron chi connectivity index (χ3n) is 1.08. The van der Waals surface area contributed by atoms with Gasteiger partial charge in [0.1, 0.15) is 0 Å². The molecular weight excluding hydrogens is 143 g/mol. The molecule has 0 aliphatic carbocycles. The second-order valence-electron chi connectivity index (χ2n) is 1.83. The third kappa shape index (κ3) is 1.52. The first-order valence-corrected chi connectivity index (χ1v) is 2.69. The van der Waals surface area contributed by atoms with Gasteiger partial charge in [0.15, 0.2) is 0 Å². The zero-order valence-corrected chi connectivity index (χ0v) is 5.00. The largest absolute Gasteiger partial charge is 0.416 e. The molecule has 1 aliphatic rings. The molecule has 1 nitrogen and oxygen atoms in total. The number of hydrogen-bond acceptors (Lipinski definition) is 1. The van der Waals surface area contributed by atoms with Crippen LogP contribution in [0.2, 0.25) is 0 Å². The molecule has 0 bridgehead atoms. The van der Waals surface area contributed by atoms with Crippen LogP contribution in [0.3, 0.4) is 0 Å². The maximum Gasteiger partial charge on any atom is 0.416 e. The van der Waals surface area contributed by atoms with E-state index in [0.29, 0.717) is 0 Å². The molecule has 0 aromatic carbocycles. The average molecular weight is 148 g/mol. The average Bonchev–Trinajstić information content (AvgIpc) is 1.88. The smallest absolute Gasteiger partial charge is 0.380 e. The minimum absolute atomic E-state index is 0.200. The maximum absolute atomic E-state index is 11.8. The van der Waals surface area contributed by atoms with Gasteiger partial charge in [-0.3, -0.25) is 0 Å². The molecule has 0 aromatic rings. The van der Waals surface area contributed by atoms with Crippen molar-refractivity contribution < 1.29 is 13.2 Å². The van der Waals surface area contributed by atoms with E-state index < -0.39 is 11.7 Å². The van der Waals surface area contributed by atoms with Crippen LogP contribution in [0.4, 0.5) is 13.2 Å². The van der Waals surface area contributed by atoms with E-state index >= 15 is 0 Å². The van der Waals surface area contributed by atoms with Gasteiger partial charge in [0, 0.05) is 6.54 Å². The van der Waals surface area contributed by atoms with E-state index in [1.165, 1.54) is 0 Å². The van der Waals surface area contributed by atoms with Crippen molar-refractivity contribution in [3.8, 4) is 0 Å². The number of dihydropyridines is 1. The van der Waals surface area contributed by atoms with E-state index in [2.05, 4.69) is 11.5 Å². The summed E-state index contributed by atoms with van der Waals surface area (Å²) in [4.78, 5) is 0. The Kier molecular flexibility index (Phi) is 1.70. The van der Waals surface area contributed by atoms with E-state index in [0.717, 1.165) is 12.2 Å². The number of alkyl halides is 3. The van der Waals surface area contributed by atoms with E-state index in [4.69, 9.17) is 0 Å². The van der Waals surface area contributed by atoms with Crippen molar-refractivity contribution in [1.29, 1.82) is 0 Å². The molecule has 0 fully saturated rings. The number of nitrogens with one attached hydrogen (secondary N) is 1. The molecule has 1 aliphatic heterocycles. The molecule has 0 unspecified atom stereocenters. The Balaban J connectivity index is 2.73. The first kappa shape index (κ1) is 7.18. The maximum atomic E-state index is 11.8. The molecule has 1 rings (SSSR count). The summed E-state index contributed by atoms with van der Waals surface area (Å²) in [6, 6.07) is 0. The summed E-state index contributed by atoms with van der Waals surface area (Å²) in [6.45, 7) is 0.200. The van der Waals surface area contributed by atoms with Crippen molar-refractivity contribution in [2.45, 2.75) is 6.18 Å². The van der Waals surface area contributed by atoms with Crippen molar-refractivity contribution in [2.24, 2.45) is 0 Å². The monoisotopic (exact) mass is 148 g/mol. The Morgan fingerprint density at radius 2 is 2.20 bits per heavy atom. The van der Waals surface area contributed by atoms with E-state index in [1.807, 2.05) is 0 Å². The van der Waals surface area contributed by atoms with E-state index in [1.54, 1.807) is 0 Å². The molecular formula is C6H5F3N. The standard InChI is InChI=1S/C6H5F3N/c7-6(8,9)5-1-3-10-4-2-5/h1-2,10H,3H2. The lowest BCUT2D eigenvalue weighted by Gasteiger charge is -2.10. The molecule has 1 N–H and O–H groups in total. The van der Waals surface area contributed by atoms with Crippen LogP contribution in [-0.2, 0) is 0 Å². The van der Waals surface area contributed by atoms with Crippen LogP contribution in [0.5, 0.6) is 0 Å². The predicted molar refractivity (Wildman–Crippen MR) is 30.0 cm³/mol. The SMILES string of the molecule is FC(F)(F)C1=CCN[C]=C1. The molecule has 1 radical (unpaired) electrons. The minimum Gasteiger partial charge on any atom is -0.380 e. The molecule has 1 heterocycles. The first-order valence-electron chi connectivity index (χ1n) is 2.69. The highest BCUT2D eigenvalue weighted by Crippen LogP contribution is 2.26. The van der Waals surface area contributed by atoms with Gasteiger partial charge in [-0.25, -0.2) is 0 Å². The Morgan fingerprint density at radius 1 is 1.50 bits per heavy atom. The Morgan fingerprint density at radius 3 is 2.50 bits per heavy atom. The minimum atomic E-state index is -4.23. The fourth-order valence-corrected chi connectivity index (χ4v) is 0.605. The van der Waals surface area contributed by atoms with Gasteiger partial charge in [0.25, 0.3) is 0 Å². The zero-order valence-electron chi connectivity index (χ0n) is 5.00. The molecule has 0 saturated heterocycles. The summed E-state index contributed by atoms with van der Waals surface area (Å²) in [5, 5.41) is 2.50. The van der Waals surface area contributed by atoms with Crippen molar-refractivity contribution in [3.63, 3.8) is 0 Å². The van der Waals surface area contributed by atoms with E-state index in [9.17, 15) is 13.2 Å². The number of rotatable bonds is 0. The van der Waals surface area contributed by atoms with Gasteiger partial charge in [0.2, 0.25) is 0 Å². The van der Waals surface area contributed by atoms with Gasteiger partial charge in [-0.15, -0.1) is 0 Å². The normalized spacial score (nSPS) is 18.1. The topological polar surface area (TPSA) is 12.0 Å². The Hall–Kier alpha value is -0.930. The van der Waals surface area contributed by atoms with Crippen molar-refractivity contribution >= 4 is 0 Å². The molecule has 4 heteroatoms. The Bertz CT molecular complexity index is 178. The molecule has 0 spiro atoms. The molecule has 10 heavy (non-hydrogen) atoms. The molecule has 0 atom stereocenters. The summed E-state index contributed by atoms with van der Waals surface area (Å²) in [5.41, 5.74) is -0.633. The fraction of sp³-hybridized carbons (Fsp3) is 0.333. The summed E-state index contributed by atoms with van der Waals surface area (Å²) in [7, 11) is 0.